The maximum Gasteiger partial charge on any atom is 0.407 e. The fourth-order valence-electron chi connectivity index (χ4n) is 10.1. The highest BCUT2D eigenvalue weighted by Crippen LogP contribution is 2.43. The number of halogens is 3. The second-order valence-corrected chi connectivity index (χ2v) is 17.4. The highest BCUT2D eigenvalue weighted by Gasteiger charge is 2.47. The van der Waals surface area contributed by atoms with Crippen molar-refractivity contribution in [2.24, 2.45) is 17.3 Å². The first-order valence-electron chi connectivity index (χ1n) is 21.0. The number of anilines is 4. The van der Waals surface area contributed by atoms with Gasteiger partial charge in [0.05, 0.1) is 35.1 Å². The quantitative estimate of drug-likeness (QED) is 0.226. The molecule has 1 spiro atoms. The Balaban J connectivity index is 0.705. The number of piperidine rings is 3. The minimum atomic E-state index is -4.62. The van der Waals surface area contributed by atoms with Gasteiger partial charge in [-0.05, 0) is 92.3 Å². The minimum Gasteiger partial charge on any atom is -0.372 e. The van der Waals surface area contributed by atoms with Crippen LogP contribution in [0.2, 0.25) is 0 Å². The molecule has 5 fully saturated rings. The maximum atomic E-state index is 13.5. The summed E-state index contributed by atoms with van der Waals surface area (Å²) in [5, 5.41) is 5.16. The van der Waals surface area contributed by atoms with Crippen LogP contribution in [0, 0.1) is 23.8 Å². The summed E-state index contributed by atoms with van der Waals surface area (Å²) in [6.45, 7) is 14.6. The van der Waals surface area contributed by atoms with E-state index in [-0.39, 0.29) is 35.6 Å². The zero-order valence-electron chi connectivity index (χ0n) is 33.5. The fraction of sp³-hybridized carbons (Fsp3) is 0.477. The first kappa shape index (κ1) is 40.4. The number of carbonyl (C=O) groups excluding carboxylic acids is 5. The molecule has 17 heteroatoms. The number of amides is 5. The molecule has 9 rings (SSSR count). The molecule has 6 aliphatic rings. The molecule has 5 amide bonds. The topological polar surface area (TPSA) is 143 Å². The van der Waals surface area contributed by atoms with E-state index in [2.05, 4.69) is 35.2 Å². The number of hydrogen-bond acceptors (Lipinski definition) is 10. The zero-order valence-corrected chi connectivity index (χ0v) is 33.5. The summed E-state index contributed by atoms with van der Waals surface area (Å²) in [4.78, 5) is 81.2. The van der Waals surface area contributed by atoms with E-state index in [0.29, 0.717) is 48.9 Å². The lowest BCUT2D eigenvalue weighted by Crippen LogP contribution is -2.61. The van der Waals surface area contributed by atoms with Gasteiger partial charge >= 0.3 is 6.18 Å². The summed E-state index contributed by atoms with van der Waals surface area (Å²) in [5.74, 6) is -1.46. The third kappa shape index (κ3) is 7.89. The normalized spacial score (nSPS) is 23.2. The fourth-order valence-corrected chi connectivity index (χ4v) is 10.1. The summed E-state index contributed by atoms with van der Waals surface area (Å²) in [6.07, 6.45) is 1.50. The highest BCUT2D eigenvalue weighted by molar-refractivity contribution is 6.23. The molecule has 61 heavy (non-hydrogen) atoms. The number of pyridine rings is 1. The van der Waals surface area contributed by atoms with Crippen molar-refractivity contribution in [2.75, 3.05) is 78.9 Å². The molecule has 1 aromatic heterocycles. The van der Waals surface area contributed by atoms with Gasteiger partial charge in [-0.25, -0.2) is 9.83 Å². The number of aromatic nitrogens is 1. The smallest absolute Gasteiger partial charge is 0.372 e. The van der Waals surface area contributed by atoms with Crippen molar-refractivity contribution in [1.82, 2.24) is 20.1 Å². The first-order valence-corrected chi connectivity index (χ1v) is 21.0. The van der Waals surface area contributed by atoms with Crippen LogP contribution >= 0.6 is 0 Å². The molecule has 5 saturated heterocycles. The van der Waals surface area contributed by atoms with Crippen molar-refractivity contribution in [1.29, 1.82) is 0 Å². The van der Waals surface area contributed by atoms with E-state index in [1.807, 2.05) is 23.1 Å². The standard InChI is InChI=1S/C44H46F3N9O5/c1-48-35-6-3-30(21-34(35)44(45,46)47)53-16-11-28(12-17-53)39(58)50-37-8-4-31(22-49-37)55-15-10-27(24-55)23-52-25-43(26-52)13-18-54(19-14-43)29-2-5-32-33(20-29)42(61)56(41(32)60)36-7-9-38(57)51-40(36)59/h2-6,8,20-22,27-28,36H,7,9-19,23-26H2,(H,49,50,58)(H,51,57,59)/t27-,36?/m1/s1. The Hall–Kier alpha value is -6.02. The van der Waals surface area contributed by atoms with Crippen LogP contribution in [0.3, 0.4) is 0 Å². The molecule has 2 atom stereocenters. The molecule has 0 bridgehead atoms. The van der Waals surface area contributed by atoms with Crippen LogP contribution in [0.15, 0.2) is 54.7 Å². The number of benzene rings is 2. The molecule has 318 valence electrons. The summed E-state index contributed by atoms with van der Waals surface area (Å²) in [5.41, 5.74) is 1.78. The highest BCUT2D eigenvalue weighted by atomic mass is 19.4. The van der Waals surface area contributed by atoms with E-state index in [1.54, 1.807) is 18.3 Å². The Labute approximate surface area is 350 Å². The molecule has 6 aliphatic heterocycles. The summed E-state index contributed by atoms with van der Waals surface area (Å²) in [6, 6.07) is 11.9. The van der Waals surface area contributed by atoms with Gasteiger partial charge in [-0.1, -0.05) is 6.07 Å². The lowest BCUT2D eigenvalue weighted by atomic mass is 9.71. The predicted octanol–water partition coefficient (Wildman–Crippen LogP) is 5.34. The molecule has 0 radical (unpaired) electrons. The Morgan fingerprint density at radius 3 is 2.20 bits per heavy atom. The second kappa shape index (κ2) is 15.8. The number of fused-ring (bicyclic) bond motifs is 1. The van der Waals surface area contributed by atoms with Crippen molar-refractivity contribution in [3.63, 3.8) is 0 Å². The van der Waals surface area contributed by atoms with Gasteiger partial charge < -0.3 is 24.9 Å². The summed E-state index contributed by atoms with van der Waals surface area (Å²) in [7, 11) is 0. The lowest BCUT2D eigenvalue weighted by Gasteiger charge is -2.55. The first-order chi connectivity index (χ1) is 29.3. The van der Waals surface area contributed by atoms with Crippen LogP contribution in [-0.4, -0.2) is 109 Å². The van der Waals surface area contributed by atoms with Crippen molar-refractivity contribution in [3.8, 4) is 0 Å². The number of likely N-dealkylation sites (tertiary alicyclic amines) is 1. The third-order valence-corrected chi connectivity index (χ3v) is 13.5. The maximum absolute atomic E-state index is 13.5. The number of imide groups is 2. The van der Waals surface area contributed by atoms with Crippen LogP contribution in [0.4, 0.5) is 41.7 Å². The molecule has 14 nitrogen and oxygen atoms in total. The Kier molecular flexibility index (Phi) is 10.5. The van der Waals surface area contributed by atoms with E-state index < -0.39 is 47.1 Å². The Bertz CT molecular complexity index is 2310. The van der Waals surface area contributed by atoms with Crippen molar-refractivity contribution in [3.05, 3.63) is 82.8 Å². The van der Waals surface area contributed by atoms with Crippen molar-refractivity contribution < 1.29 is 37.1 Å². The monoisotopic (exact) mass is 837 g/mol. The Morgan fingerprint density at radius 1 is 0.836 bits per heavy atom. The minimum absolute atomic E-state index is 0.0827. The predicted molar refractivity (Wildman–Crippen MR) is 219 cm³/mol. The van der Waals surface area contributed by atoms with Crippen molar-refractivity contribution >= 4 is 58.1 Å². The number of carbonyl (C=O) groups is 5. The molecular weight excluding hydrogens is 792 g/mol. The molecule has 2 N–H and O–H groups in total. The summed E-state index contributed by atoms with van der Waals surface area (Å²) < 4.78 is 40.5. The molecule has 2 aromatic carbocycles. The van der Waals surface area contributed by atoms with Crippen LogP contribution in [-0.2, 0) is 20.6 Å². The van der Waals surface area contributed by atoms with Gasteiger partial charge in [0.1, 0.15) is 11.9 Å². The SMILES string of the molecule is [C-]#[N+]c1ccc(N2CCC(C(=O)Nc3ccc(N4CC[C@H](CN5CC6(CCN(c7ccc8c(c7)C(=O)N(C7CCC(=O)NC7=O)C8=O)CC6)C5)C4)cn3)CC2)cc1C(F)(F)F. The molecule has 0 saturated carbocycles. The molecule has 7 heterocycles. The third-order valence-electron chi connectivity index (χ3n) is 13.5. The van der Waals surface area contributed by atoms with E-state index in [1.165, 1.54) is 12.1 Å². The number of rotatable bonds is 8. The largest absolute Gasteiger partial charge is 0.407 e. The van der Waals surface area contributed by atoms with Crippen LogP contribution < -0.4 is 25.3 Å². The lowest BCUT2D eigenvalue weighted by molar-refractivity contribution is -0.137. The van der Waals surface area contributed by atoms with Crippen LogP contribution in [0.5, 0.6) is 0 Å². The molecular formula is C44H46F3N9O5. The van der Waals surface area contributed by atoms with Gasteiger partial charge in [-0.2, -0.15) is 13.2 Å². The number of hydrogen-bond donors (Lipinski definition) is 2. The van der Waals surface area contributed by atoms with E-state index in [0.717, 1.165) is 87.4 Å². The van der Waals surface area contributed by atoms with Gasteiger partial charge in [0.2, 0.25) is 17.7 Å². The number of alkyl halides is 3. The van der Waals surface area contributed by atoms with Gasteiger partial charge in [0, 0.05) is 82.6 Å². The summed E-state index contributed by atoms with van der Waals surface area (Å²) >= 11 is 0. The Morgan fingerprint density at radius 2 is 1.51 bits per heavy atom. The second-order valence-electron chi connectivity index (χ2n) is 17.4. The van der Waals surface area contributed by atoms with Gasteiger partial charge in [0.15, 0.2) is 5.69 Å². The average molecular weight is 838 g/mol. The van der Waals surface area contributed by atoms with Gasteiger partial charge in [-0.3, -0.25) is 34.2 Å². The average Bonchev–Trinajstić information content (AvgIpc) is 3.81. The van der Waals surface area contributed by atoms with Crippen LogP contribution in [0.1, 0.15) is 71.2 Å². The number of nitrogens with one attached hydrogen (secondary N) is 2. The van der Waals surface area contributed by atoms with E-state index >= 15 is 0 Å². The van der Waals surface area contributed by atoms with Gasteiger partial charge in [0.25, 0.3) is 11.8 Å². The molecule has 1 unspecified atom stereocenters. The van der Waals surface area contributed by atoms with E-state index in [4.69, 9.17) is 6.57 Å². The van der Waals surface area contributed by atoms with Crippen molar-refractivity contribution in [2.45, 2.75) is 57.2 Å². The zero-order chi connectivity index (χ0) is 42.6. The number of nitrogens with zero attached hydrogens (tertiary/aromatic N) is 7. The molecule has 3 aromatic rings. The van der Waals surface area contributed by atoms with E-state index in [9.17, 15) is 37.1 Å². The molecule has 0 aliphatic carbocycles. The van der Waals surface area contributed by atoms with Gasteiger partial charge in [-0.15, -0.1) is 0 Å². The van der Waals surface area contributed by atoms with Crippen LogP contribution in [0.25, 0.3) is 4.85 Å².